The largest absolute Gasteiger partial charge is 0.322 e. The van der Waals surface area contributed by atoms with Gasteiger partial charge in [-0.15, -0.1) is 0 Å². The molecule has 5 rings (SSSR count). The van der Waals surface area contributed by atoms with Crippen LogP contribution >= 0.6 is 23.2 Å². The molecule has 39 heavy (non-hydrogen) atoms. The number of hydrazone groups is 1. The predicted molar refractivity (Wildman–Crippen MR) is 158 cm³/mol. The van der Waals surface area contributed by atoms with Crippen LogP contribution in [0.3, 0.4) is 0 Å². The zero-order valence-electron chi connectivity index (χ0n) is 20.8. The normalized spacial score (nSPS) is 11.3. The fraction of sp³-hybridized carbons (Fsp3) is 0.0323. The van der Waals surface area contributed by atoms with Gasteiger partial charge in [0.25, 0.3) is 11.8 Å². The van der Waals surface area contributed by atoms with Crippen molar-refractivity contribution in [3.8, 4) is 11.3 Å². The molecule has 4 aromatic carbocycles. The van der Waals surface area contributed by atoms with E-state index in [-0.39, 0.29) is 11.8 Å². The minimum Gasteiger partial charge on any atom is -0.322 e. The van der Waals surface area contributed by atoms with Gasteiger partial charge in [0.15, 0.2) is 0 Å². The van der Waals surface area contributed by atoms with Crippen molar-refractivity contribution in [1.82, 2.24) is 10.4 Å². The second-order valence-electron chi connectivity index (χ2n) is 8.74. The van der Waals surface area contributed by atoms with Gasteiger partial charge in [0.1, 0.15) is 0 Å². The van der Waals surface area contributed by atoms with Crippen molar-refractivity contribution in [3.05, 3.63) is 130 Å². The standard InChI is InChI=1S/C31H22Cl2N4O2/c1-19(20-13-15-24(16-14-20)34-30(38)22-9-5-10-23(32)17-22)36-37-31(39)26-18-28(21-7-3-2-4-8-21)35-29-25(26)11-6-12-27(29)33/h2-18H,1H3,(H,34,38)(H,37,39). The summed E-state index contributed by atoms with van der Waals surface area (Å²) in [5.41, 5.74) is 7.58. The van der Waals surface area contributed by atoms with Crippen molar-refractivity contribution >= 4 is 57.3 Å². The summed E-state index contributed by atoms with van der Waals surface area (Å²) in [6, 6.07) is 30.6. The molecule has 0 radical (unpaired) electrons. The molecule has 0 saturated heterocycles. The lowest BCUT2D eigenvalue weighted by Gasteiger charge is -2.11. The average molecular weight is 553 g/mol. The number of rotatable bonds is 6. The van der Waals surface area contributed by atoms with Gasteiger partial charge >= 0.3 is 0 Å². The highest BCUT2D eigenvalue weighted by Gasteiger charge is 2.16. The number of benzene rings is 4. The molecule has 0 fully saturated rings. The van der Waals surface area contributed by atoms with Gasteiger partial charge in [-0.1, -0.05) is 83.9 Å². The second kappa shape index (κ2) is 11.5. The summed E-state index contributed by atoms with van der Waals surface area (Å²) >= 11 is 12.4. The van der Waals surface area contributed by atoms with Crippen LogP contribution < -0.4 is 10.7 Å². The summed E-state index contributed by atoms with van der Waals surface area (Å²) in [6.45, 7) is 1.79. The van der Waals surface area contributed by atoms with Gasteiger partial charge in [-0.3, -0.25) is 9.59 Å². The SMILES string of the molecule is CC(=NNC(=O)c1cc(-c2ccccc2)nc2c(Cl)cccc12)c1ccc(NC(=O)c2cccc(Cl)c2)cc1. The van der Waals surface area contributed by atoms with Crippen LogP contribution in [0.4, 0.5) is 5.69 Å². The average Bonchev–Trinajstić information content (AvgIpc) is 2.96. The third kappa shape index (κ3) is 5.98. The fourth-order valence-corrected chi connectivity index (χ4v) is 4.45. The van der Waals surface area contributed by atoms with Gasteiger partial charge in [-0.2, -0.15) is 5.10 Å². The van der Waals surface area contributed by atoms with Crippen molar-refractivity contribution in [1.29, 1.82) is 0 Å². The molecule has 6 nitrogen and oxygen atoms in total. The summed E-state index contributed by atoms with van der Waals surface area (Å²) in [5, 5.41) is 8.73. The Morgan fingerprint density at radius 1 is 0.769 bits per heavy atom. The first-order valence-corrected chi connectivity index (χ1v) is 12.8. The molecule has 0 aliphatic rings. The van der Waals surface area contributed by atoms with Gasteiger partial charge in [0.05, 0.1) is 27.5 Å². The monoisotopic (exact) mass is 552 g/mol. The number of pyridine rings is 1. The molecule has 0 unspecified atom stereocenters. The molecule has 0 atom stereocenters. The summed E-state index contributed by atoms with van der Waals surface area (Å²) in [7, 11) is 0. The maximum absolute atomic E-state index is 13.3. The Hall–Kier alpha value is -4.52. The van der Waals surface area contributed by atoms with E-state index >= 15 is 0 Å². The third-order valence-electron chi connectivity index (χ3n) is 6.08. The first kappa shape index (κ1) is 26.1. The Kier molecular flexibility index (Phi) is 7.68. The summed E-state index contributed by atoms with van der Waals surface area (Å²) in [4.78, 5) is 30.4. The Morgan fingerprint density at radius 2 is 1.51 bits per heavy atom. The zero-order valence-corrected chi connectivity index (χ0v) is 22.3. The molecule has 192 valence electrons. The molecule has 0 spiro atoms. The fourth-order valence-electron chi connectivity index (χ4n) is 4.05. The van der Waals surface area contributed by atoms with E-state index < -0.39 is 0 Å². The molecular weight excluding hydrogens is 531 g/mol. The van der Waals surface area contributed by atoms with Gasteiger partial charge in [-0.25, -0.2) is 10.4 Å². The van der Waals surface area contributed by atoms with E-state index in [2.05, 4.69) is 15.8 Å². The van der Waals surface area contributed by atoms with Crippen molar-refractivity contribution in [3.63, 3.8) is 0 Å². The molecule has 0 bridgehead atoms. The number of aromatic nitrogens is 1. The van der Waals surface area contributed by atoms with E-state index in [0.29, 0.717) is 49.2 Å². The van der Waals surface area contributed by atoms with Crippen LogP contribution in [0, 0.1) is 0 Å². The van der Waals surface area contributed by atoms with Crippen molar-refractivity contribution in [2.75, 3.05) is 5.32 Å². The van der Waals surface area contributed by atoms with Crippen LogP contribution in [0.15, 0.2) is 108 Å². The summed E-state index contributed by atoms with van der Waals surface area (Å²) in [5.74, 6) is -0.644. The topological polar surface area (TPSA) is 83.4 Å². The Bertz CT molecular complexity index is 1720. The second-order valence-corrected chi connectivity index (χ2v) is 9.58. The quantitative estimate of drug-likeness (QED) is 0.168. The maximum Gasteiger partial charge on any atom is 0.272 e. The number of para-hydroxylation sites is 1. The summed E-state index contributed by atoms with van der Waals surface area (Å²) < 4.78 is 0. The van der Waals surface area contributed by atoms with E-state index in [1.165, 1.54) is 0 Å². The predicted octanol–water partition coefficient (Wildman–Crippen LogP) is 7.61. The highest BCUT2D eigenvalue weighted by molar-refractivity contribution is 6.35. The number of hydrogen-bond acceptors (Lipinski definition) is 4. The molecule has 8 heteroatoms. The number of nitrogens with zero attached hydrogens (tertiary/aromatic N) is 2. The lowest BCUT2D eigenvalue weighted by Crippen LogP contribution is -2.20. The van der Waals surface area contributed by atoms with Crippen LogP contribution in [0.2, 0.25) is 10.0 Å². The van der Waals surface area contributed by atoms with Crippen molar-refractivity contribution < 1.29 is 9.59 Å². The van der Waals surface area contributed by atoms with Crippen LogP contribution in [-0.2, 0) is 0 Å². The van der Waals surface area contributed by atoms with E-state index in [0.717, 1.165) is 11.1 Å². The van der Waals surface area contributed by atoms with Gasteiger partial charge < -0.3 is 5.32 Å². The first-order chi connectivity index (χ1) is 18.9. The van der Waals surface area contributed by atoms with Gasteiger partial charge in [0.2, 0.25) is 0 Å². The molecular formula is C31H22Cl2N4O2. The number of anilines is 1. The molecule has 1 aromatic heterocycles. The maximum atomic E-state index is 13.3. The highest BCUT2D eigenvalue weighted by Crippen LogP contribution is 2.29. The van der Waals surface area contributed by atoms with Gasteiger partial charge in [-0.05, 0) is 55.0 Å². The third-order valence-corrected chi connectivity index (χ3v) is 6.62. The number of nitrogens with one attached hydrogen (secondary N) is 2. The molecule has 0 saturated carbocycles. The van der Waals surface area contributed by atoms with Crippen molar-refractivity contribution in [2.24, 2.45) is 5.10 Å². The Balaban J connectivity index is 1.35. The number of amides is 2. The van der Waals surface area contributed by atoms with E-state index in [1.54, 1.807) is 61.5 Å². The van der Waals surface area contributed by atoms with E-state index in [1.807, 2.05) is 48.5 Å². The number of hydrogen-bond donors (Lipinski definition) is 2. The molecule has 2 N–H and O–H groups in total. The lowest BCUT2D eigenvalue weighted by atomic mass is 10.0. The number of fused-ring (bicyclic) bond motifs is 1. The molecule has 2 amide bonds. The molecule has 1 heterocycles. The van der Waals surface area contributed by atoms with Crippen LogP contribution in [0.1, 0.15) is 33.2 Å². The Labute approximate surface area is 235 Å². The van der Waals surface area contributed by atoms with Gasteiger partial charge in [0, 0.05) is 27.2 Å². The first-order valence-electron chi connectivity index (χ1n) is 12.1. The Morgan fingerprint density at radius 3 is 2.26 bits per heavy atom. The zero-order chi connectivity index (χ0) is 27.4. The number of carbonyl (C=O) groups excluding carboxylic acids is 2. The number of halogens is 2. The smallest absolute Gasteiger partial charge is 0.272 e. The molecule has 0 aliphatic carbocycles. The molecule has 0 aliphatic heterocycles. The minimum absolute atomic E-state index is 0.262. The van der Waals surface area contributed by atoms with Crippen LogP contribution in [-0.4, -0.2) is 22.5 Å². The highest BCUT2D eigenvalue weighted by atomic mass is 35.5. The number of carbonyl (C=O) groups is 2. The molecule has 5 aromatic rings. The van der Waals surface area contributed by atoms with E-state index in [4.69, 9.17) is 28.2 Å². The van der Waals surface area contributed by atoms with Crippen LogP contribution in [0.25, 0.3) is 22.2 Å². The summed E-state index contributed by atoms with van der Waals surface area (Å²) in [6.07, 6.45) is 0. The minimum atomic E-state index is -0.383. The van der Waals surface area contributed by atoms with E-state index in [9.17, 15) is 9.59 Å². The van der Waals surface area contributed by atoms with Crippen LogP contribution in [0.5, 0.6) is 0 Å². The lowest BCUT2D eigenvalue weighted by molar-refractivity contribution is 0.0955. The van der Waals surface area contributed by atoms with Crippen molar-refractivity contribution in [2.45, 2.75) is 6.92 Å².